The van der Waals surface area contributed by atoms with E-state index in [1.807, 2.05) is 0 Å². The summed E-state index contributed by atoms with van der Waals surface area (Å²) in [5, 5.41) is 34.0. The van der Waals surface area contributed by atoms with Gasteiger partial charge in [-0.05, 0) is 72.8 Å². The van der Waals surface area contributed by atoms with E-state index < -0.39 is 11.9 Å². The number of rotatable bonds is 6. The van der Waals surface area contributed by atoms with Gasteiger partial charge in [0.2, 0.25) is 0 Å². The Balaban J connectivity index is 1.64. The number of nitrogens with zero attached hydrogens (tertiary/aromatic N) is 4. The number of aromatic carboxylic acids is 2. The topological polar surface area (TPSA) is 124 Å². The highest BCUT2D eigenvalue weighted by Crippen LogP contribution is 2.23. The minimum absolute atomic E-state index is 0.186. The lowest BCUT2D eigenvalue weighted by atomic mass is 10.2. The Morgan fingerprint density at radius 2 is 0.679 bits per heavy atom. The van der Waals surface area contributed by atoms with Crippen LogP contribution in [0.1, 0.15) is 20.7 Å². The van der Waals surface area contributed by atoms with Gasteiger partial charge < -0.3 is 10.2 Å². The highest BCUT2D eigenvalue weighted by Gasteiger charge is 2.02. The van der Waals surface area contributed by atoms with Crippen molar-refractivity contribution in [1.29, 1.82) is 0 Å². The Morgan fingerprint density at radius 3 is 0.893 bits per heavy atom. The molecule has 28 heavy (non-hydrogen) atoms. The van der Waals surface area contributed by atoms with Crippen LogP contribution < -0.4 is 0 Å². The third kappa shape index (κ3) is 4.92. The number of carboxylic acids is 2. The molecule has 0 aliphatic rings. The summed E-state index contributed by atoms with van der Waals surface area (Å²) in [6, 6.07) is 19.0. The fourth-order valence-corrected chi connectivity index (χ4v) is 2.16. The number of hydrogen-bond acceptors (Lipinski definition) is 6. The standard InChI is InChI=1S/C20H14N4O4/c25-19(26)13-1-5-15(6-2-13)21-23-17-9-11-18(12-10-17)24-22-16-7-3-14(4-8-16)20(27)28/h1-12H,(H,25,26)(H,27,28). The predicted molar refractivity (Wildman–Crippen MR) is 102 cm³/mol. The molecule has 8 heteroatoms. The summed E-state index contributed by atoms with van der Waals surface area (Å²) in [5.41, 5.74) is 2.66. The van der Waals surface area contributed by atoms with Crippen LogP contribution in [-0.4, -0.2) is 22.2 Å². The van der Waals surface area contributed by atoms with Crippen molar-refractivity contribution in [2.24, 2.45) is 20.5 Å². The molecule has 0 amide bonds. The van der Waals surface area contributed by atoms with Crippen molar-refractivity contribution in [1.82, 2.24) is 0 Å². The number of carbonyl (C=O) groups is 2. The third-order valence-electron chi connectivity index (χ3n) is 3.64. The molecule has 0 bridgehead atoms. The monoisotopic (exact) mass is 374 g/mol. The summed E-state index contributed by atoms with van der Waals surface area (Å²) >= 11 is 0. The van der Waals surface area contributed by atoms with E-state index in [-0.39, 0.29) is 11.1 Å². The van der Waals surface area contributed by atoms with Crippen LogP contribution in [0.2, 0.25) is 0 Å². The highest BCUT2D eigenvalue weighted by atomic mass is 16.4. The molecule has 8 nitrogen and oxygen atoms in total. The normalized spacial score (nSPS) is 11.1. The molecule has 0 saturated carbocycles. The zero-order valence-corrected chi connectivity index (χ0v) is 14.4. The maximum atomic E-state index is 10.8. The molecule has 2 N–H and O–H groups in total. The first-order valence-electron chi connectivity index (χ1n) is 8.11. The second-order valence-electron chi connectivity index (χ2n) is 5.62. The van der Waals surface area contributed by atoms with Crippen molar-refractivity contribution in [2.75, 3.05) is 0 Å². The highest BCUT2D eigenvalue weighted by molar-refractivity contribution is 5.88. The van der Waals surface area contributed by atoms with Gasteiger partial charge in [0.1, 0.15) is 0 Å². The second kappa shape index (κ2) is 8.45. The van der Waals surface area contributed by atoms with Crippen molar-refractivity contribution < 1.29 is 19.8 Å². The Morgan fingerprint density at radius 1 is 0.464 bits per heavy atom. The molecule has 0 radical (unpaired) electrons. The summed E-state index contributed by atoms with van der Waals surface area (Å²) in [6.07, 6.45) is 0. The minimum atomic E-state index is -0.994. The van der Waals surface area contributed by atoms with Gasteiger partial charge in [0.25, 0.3) is 0 Å². The first-order chi connectivity index (χ1) is 13.5. The minimum Gasteiger partial charge on any atom is -0.478 e. The second-order valence-corrected chi connectivity index (χ2v) is 5.62. The zero-order chi connectivity index (χ0) is 19.9. The van der Waals surface area contributed by atoms with Gasteiger partial charge in [-0.2, -0.15) is 20.5 Å². The number of hydrogen-bond donors (Lipinski definition) is 2. The number of carboxylic acid groups (broad SMARTS) is 2. The lowest BCUT2D eigenvalue weighted by Crippen LogP contribution is -1.93. The van der Waals surface area contributed by atoms with E-state index in [2.05, 4.69) is 20.5 Å². The molecule has 0 atom stereocenters. The third-order valence-corrected chi connectivity index (χ3v) is 3.64. The van der Waals surface area contributed by atoms with Crippen LogP contribution in [0.5, 0.6) is 0 Å². The predicted octanol–water partition coefficient (Wildman–Crippen LogP) is 5.91. The van der Waals surface area contributed by atoms with Crippen molar-refractivity contribution in [3.05, 3.63) is 83.9 Å². The number of azo groups is 2. The van der Waals surface area contributed by atoms with Crippen LogP contribution in [0.15, 0.2) is 93.3 Å². The van der Waals surface area contributed by atoms with Gasteiger partial charge in [0.15, 0.2) is 0 Å². The molecule has 0 fully saturated rings. The fourth-order valence-electron chi connectivity index (χ4n) is 2.16. The Labute approximate surface area is 159 Å². The summed E-state index contributed by atoms with van der Waals surface area (Å²) < 4.78 is 0. The molecular formula is C20H14N4O4. The largest absolute Gasteiger partial charge is 0.478 e. The first kappa shape index (κ1) is 18.6. The van der Waals surface area contributed by atoms with E-state index >= 15 is 0 Å². The van der Waals surface area contributed by atoms with Gasteiger partial charge in [-0.15, -0.1) is 0 Å². The van der Waals surface area contributed by atoms with Crippen LogP contribution in [0, 0.1) is 0 Å². The zero-order valence-electron chi connectivity index (χ0n) is 14.4. The van der Waals surface area contributed by atoms with E-state index in [0.29, 0.717) is 22.7 Å². The molecule has 0 saturated heterocycles. The Kier molecular flexibility index (Phi) is 5.61. The average Bonchev–Trinajstić information content (AvgIpc) is 2.72. The number of benzene rings is 3. The van der Waals surface area contributed by atoms with Gasteiger partial charge in [-0.1, -0.05) is 0 Å². The van der Waals surface area contributed by atoms with Crippen LogP contribution in [-0.2, 0) is 0 Å². The maximum absolute atomic E-state index is 10.8. The van der Waals surface area contributed by atoms with Crippen molar-refractivity contribution >= 4 is 34.7 Å². The fraction of sp³-hybridized carbons (Fsp3) is 0. The summed E-state index contributed by atoms with van der Waals surface area (Å²) in [4.78, 5) is 21.6. The maximum Gasteiger partial charge on any atom is 0.335 e. The van der Waals surface area contributed by atoms with Gasteiger partial charge in [0, 0.05) is 0 Å². The van der Waals surface area contributed by atoms with E-state index in [9.17, 15) is 9.59 Å². The lowest BCUT2D eigenvalue weighted by Gasteiger charge is -1.97. The molecule has 3 aromatic carbocycles. The van der Waals surface area contributed by atoms with E-state index in [1.54, 1.807) is 48.5 Å². The quantitative estimate of drug-likeness (QED) is 0.520. The van der Waals surface area contributed by atoms with Crippen molar-refractivity contribution in [3.63, 3.8) is 0 Å². The van der Waals surface area contributed by atoms with Crippen molar-refractivity contribution in [2.45, 2.75) is 0 Å². The van der Waals surface area contributed by atoms with E-state index in [4.69, 9.17) is 10.2 Å². The molecule has 0 aliphatic heterocycles. The Hall–Kier alpha value is -4.20. The van der Waals surface area contributed by atoms with Gasteiger partial charge >= 0.3 is 11.9 Å². The van der Waals surface area contributed by atoms with Gasteiger partial charge in [-0.3, -0.25) is 0 Å². The van der Waals surface area contributed by atoms with Gasteiger partial charge in [0.05, 0.1) is 33.9 Å². The molecule has 0 aromatic heterocycles. The van der Waals surface area contributed by atoms with Crippen LogP contribution >= 0.6 is 0 Å². The van der Waals surface area contributed by atoms with Crippen LogP contribution in [0.4, 0.5) is 22.7 Å². The average molecular weight is 374 g/mol. The van der Waals surface area contributed by atoms with Crippen LogP contribution in [0.3, 0.4) is 0 Å². The summed E-state index contributed by atoms with van der Waals surface area (Å²) in [5.74, 6) is -1.99. The summed E-state index contributed by atoms with van der Waals surface area (Å²) in [6.45, 7) is 0. The summed E-state index contributed by atoms with van der Waals surface area (Å²) in [7, 11) is 0. The first-order valence-corrected chi connectivity index (χ1v) is 8.11. The molecule has 138 valence electrons. The molecule has 0 spiro atoms. The van der Waals surface area contributed by atoms with E-state index in [1.165, 1.54) is 24.3 Å². The van der Waals surface area contributed by atoms with Gasteiger partial charge in [-0.25, -0.2) is 9.59 Å². The lowest BCUT2D eigenvalue weighted by molar-refractivity contribution is 0.0686. The molecule has 3 aromatic rings. The molecule has 0 aliphatic carbocycles. The smallest absolute Gasteiger partial charge is 0.335 e. The molecule has 0 unspecified atom stereocenters. The van der Waals surface area contributed by atoms with E-state index in [0.717, 1.165) is 0 Å². The Bertz CT molecular complexity index is 955. The molecule has 3 rings (SSSR count). The van der Waals surface area contributed by atoms with Crippen LogP contribution in [0.25, 0.3) is 0 Å². The molecule has 0 heterocycles. The molecular weight excluding hydrogens is 360 g/mol. The van der Waals surface area contributed by atoms with Crippen molar-refractivity contribution in [3.8, 4) is 0 Å². The SMILES string of the molecule is O=C(O)c1ccc(N=Nc2ccc(N=Nc3ccc(C(=O)O)cc3)cc2)cc1.